The second-order valence-corrected chi connectivity index (χ2v) is 8.15. The number of hydrogen-bond donors (Lipinski definition) is 2. The number of unbranched alkanes of at least 4 members (excludes halogenated alkanes) is 2. The van der Waals surface area contributed by atoms with Crippen molar-refractivity contribution in [1.82, 2.24) is 20.1 Å². The van der Waals surface area contributed by atoms with Crippen molar-refractivity contribution in [1.29, 1.82) is 0 Å². The molecule has 33 heavy (non-hydrogen) atoms. The van der Waals surface area contributed by atoms with Gasteiger partial charge in [0.1, 0.15) is 11.5 Å². The van der Waals surface area contributed by atoms with Gasteiger partial charge in [-0.2, -0.15) is 5.10 Å². The van der Waals surface area contributed by atoms with E-state index in [4.69, 9.17) is 4.74 Å². The Kier molecular flexibility index (Phi) is 8.03. The molecule has 1 amide bonds. The van der Waals surface area contributed by atoms with Crippen LogP contribution in [0, 0.1) is 12.7 Å². The summed E-state index contributed by atoms with van der Waals surface area (Å²) in [6.45, 7) is 4.32. The largest absolute Gasteiger partial charge is 0.465 e. The predicted molar refractivity (Wildman–Crippen MR) is 125 cm³/mol. The number of rotatable bonds is 10. The zero-order valence-corrected chi connectivity index (χ0v) is 19.6. The summed E-state index contributed by atoms with van der Waals surface area (Å²) in [6, 6.07) is 8.27. The Hall–Kier alpha value is -3.42. The number of hydrogen-bond acceptors (Lipinski definition) is 4. The van der Waals surface area contributed by atoms with Gasteiger partial charge in [0.25, 0.3) is 5.91 Å². The molecule has 3 aromatic rings. The minimum absolute atomic E-state index is 0.130. The number of nitrogens with one attached hydrogen (secondary N) is 2. The monoisotopic (exact) mass is 454 g/mol. The first-order valence-electron chi connectivity index (χ1n) is 11.2. The van der Waals surface area contributed by atoms with Crippen LogP contribution in [0.1, 0.15) is 64.0 Å². The van der Waals surface area contributed by atoms with Crippen LogP contribution in [0.2, 0.25) is 0 Å². The van der Waals surface area contributed by atoms with Crippen molar-refractivity contribution < 1.29 is 18.7 Å². The third-order valence-electron chi connectivity index (χ3n) is 5.84. The number of amides is 1. The molecule has 2 N–H and O–H groups in total. The van der Waals surface area contributed by atoms with E-state index in [9.17, 15) is 14.0 Å². The van der Waals surface area contributed by atoms with E-state index in [-0.39, 0.29) is 11.7 Å². The molecule has 0 unspecified atom stereocenters. The van der Waals surface area contributed by atoms with Crippen LogP contribution in [0.5, 0.6) is 0 Å². The van der Waals surface area contributed by atoms with E-state index in [1.807, 2.05) is 13.0 Å². The summed E-state index contributed by atoms with van der Waals surface area (Å²) in [6.07, 6.45) is 4.25. The maximum absolute atomic E-state index is 13.1. The number of carbonyl (C=O) groups is 2. The smallest absolute Gasteiger partial charge is 0.339 e. The molecular weight excluding hydrogens is 423 g/mol. The van der Waals surface area contributed by atoms with Gasteiger partial charge in [0.05, 0.1) is 18.4 Å². The van der Waals surface area contributed by atoms with Gasteiger partial charge in [-0.05, 0) is 68.5 Å². The lowest BCUT2D eigenvalue weighted by molar-refractivity contribution is 0.0599. The van der Waals surface area contributed by atoms with Crippen LogP contribution in [0.4, 0.5) is 4.39 Å². The Balaban J connectivity index is 1.48. The van der Waals surface area contributed by atoms with E-state index >= 15 is 0 Å². The maximum Gasteiger partial charge on any atom is 0.339 e. The molecule has 0 fully saturated rings. The molecule has 0 saturated carbocycles. The van der Waals surface area contributed by atoms with Gasteiger partial charge < -0.3 is 14.6 Å². The molecule has 0 aliphatic rings. The summed E-state index contributed by atoms with van der Waals surface area (Å²) >= 11 is 0. The van der Waals surface area contributed by atoms with Crippen LogP contribution in [-0.4, -0.2) is 52.7 Å². The van der Waals surface area contributed by atoms with Gasteiger partial charge >= 0.3 is 5.97 Å². The predicted octanol–water partition coefficient (Wildman–Crippen LogP) is 4.69. The molecule has 176 valence electrons. The zero-order valence-electron chi connectivity index (χ0n) is 19.6. The molecule has 0 atom stereocenters. The minimum Gasteiger partial charge on any atom is -0.465 e. The first kappa shape index (κ1) is 24.2. The quantitative estimate of drug-likeness (QED) is 0.344. The van der Waals surface area contributed by atoms with E-state index in [0.29, 0.717) is 29.8 Å². The summed E-state index contributed by atoms with van der Waals surface area (Å²) in [7, 11) is 3.12. The number of ether oxygens (including phenoxy) is 1. The second kappa shape index (κ2) is 10.9. The van der Waals surface area contributed by atoms with Crippen molar-refractivity contribution in [3.8, 4) is 11.3 Å². The number of aromatic amines is 2. The van der Waals surface area contributed by atoms with Crippen molar-refractivity contribution in [3.63, 3.8) is 0 Å². The number of methoxy groups -OCH3 is 1. The van der Waals surface area contributed by atoms with Crippen molar-refractivity contribution >= 4 is 11.9 Å². The van der Waals surface area contributed by atoms with Gasteiger partial charge in [0.2, 0.25) is 0 Å². The highest BCUT2D eigenvalue weighted by atomic mass is 19.1. The molecule has 0 saturated heterocycles. The molecule has 0 aliphatic carbocycles. The molecule has 2 aromatic heterocycles. The van der Waals surface area contributed by atoms with Crippen molar-refractivity contribution in [2.75, 3.05) is 20.7 Å². The summed E-state index contributed by atoms with van der Waals surface area (Å²) in [4.78, 5) is 29.8. The Labute approximate surface area is 193 Å². The molecule has 0 radical (unpaired) electrons. The maximum atomic E-state index is 13.1. The number of halogens is 1. The summed E-state index contributed by atoms with van der Waals surface area (Å²) in [5, 5.41) is 7.35. The zero-order chi connectivity index (χ0) is 24.0. The standard InChI is InChI=1S/C25H31FN4O3/c1-5-20-22(25(32)33-4)16(2)23(27-20)24(31)30(3)14-8-6-7-9-19-15-21(29-28-19)17-10-12-18(26)13-11-17/h10-13,15,27H,5-9,14H2,1-4H3,(H,28,29). The van der Waals surface area contributed by atoms with Gasteiger partial charge in [-0.25, -0.2) is 9.18 Å². The third kappa shape index (κ3) is 5.69. The molecule has 7 nitrogen and oxygen atoms in total. The average molecular weight is 455 g/mol. The van der Waals surface area contributed by atoms with Gasteiger partial charge in [-0.3, -0.25) is 9.89 Å². The fourth-order valence-electron chi connectivity index (χ4n) is 3.91. The first-order valence-corrected chi connectivity index (χ1v) is 11.2. The lowest BCUT2D eigenvalue weighted by Crippen LogP contribution is -2.28. The summed E-state index contributed by atoms with van der Waals surface area (Å²) in [5.41, 5.74) is 4.96. The first-order chi connectivity index (χ1) is 15.8. The second-order valence-electron chi connectivity index (χ2n) is 8.15. The molecule has 0 spiro atoms. The fraction of sp³-hybridized carbons (Fsp3) is 0.400. The SMILES string of the molecule is CCc1[nH]c(C(=O)N(C)CCCCCc2cc(-c3ccc(F)cc3)n[nH]2)c(C)c1C(=O)OC. The number of nitrogens with zero attached hydrogens (tertiary/aromatic N) is 2. The average Bonchev–Trinajstić information content (AvgIpc) is 3.42. The number of aromatic nitrogens is 3. The molecule has 0 aliphatic heterocycles. The van der Waals surface area contributed by atoms with E-state index in [0.717, 1.165) is 48.3 Å². The third-order valence-corrected chi connectivity index (χ3v) is 5.84. The van der Waals surface area contributed by atoms with E-state index in [1.54, 1.807) is 31.0 Å². The van der Waals surface area contributed by atoms with Gasteiger partial charge in [-0.1, -0.05) is 13.3 Å². The number of benzene rings is 1. The molecular formula is C25H31FN4O3. The topological polar surface area (TPSA) is 91.1 Å². The summed E-state index contributed by atoms with van der Waals surface area (Å²) in [5.74, 6) is -0.822. The Morgan fingerprint density at radius 3 is 2.55 bits per heavy atom. The van der Waals surface area contributed by atoms with E-state index < -0.39 is 5.97 Å². The number of carbonyl (C=O) groups excluding carboxylic acids is 2. The Morgan fingerprint density at radius 1 is 1.15 bits per heavy atom. The minimum atomic E-state index is -0.427. The normalized spacial score (nSPS) is 10.9. The van der Waals surface area contributed by atoms with E-state index in [2.05, 4.69) is 15.2 Å². The van der Waals surface area contributed by atoms with Gasteiger partial charge in [0.15, 0.2) is 0 Å². The van der Waals surface area contributed by atoms with Gasteiger partial charge in [-0.15, -0.1) is 0 Å². The van der Waals surface area contributed by atoms with Crippen molar-refractivity contribution in [3.05, 3.63) is 64.4 Å². The fourth-order valence-corrected chi connectivity index (χ4v) is 3.91. The summed E-state index contributed by atoms with van der Waals surface area (Å²) < 4.78 is 17.9. The number of H-pyrrole nitrogens is 2. The lowest BCUT2D eigenvalue weighted by Gasteiger charge is -2.17. The highest BCUT2D eigenvalue weighted by Gasteiger charge is 2.25. The van der Waals surface area contributed by atoms with E-state index in [1.165, 1.54) is 19.2 Å². The molecule has 3 rings (SSSR count). The van der Waals surface area contributed by atoms with Crippen LogP contribution in [0.15, 0.2) is 30.3 Å². The van der Waals surface area contributed by atoms with Crippen LogP contribution in [0.3, 0.4) is 0 Å². The number of aryl methyl sites for hydroxylation is 2. The Morgan fingerprint density at radius 2 is 1.88 bits per heavy atom. The van der Waals surface area contributed by atoms with Crippen molar-refractivity contribution in [2.24, 2.45) is 0 Å². The molecule has 8 heteroatoms. The number of esters is 1. The molecule has 0 bridgehead atoms. The molecule has 1 aromatic carbocycles. The lowest BCUT2D eigenvalue weighted by atomic mass is 10.1. The van der Waals surface area contributed by atoms with Crippen LogP contribution in [0.25, 0.3) is 11.3 Å². The highest BCUT2D eigenvalue weighted by Crippen LogP contribution is 2.22. The van der Waals surface area contributed by atoms with Crippen LogP contribution < -0.4 is 0 Å². The van der Waals surface area contributed by atoms with Gasteiger partial charge in [0, 0.05) is 30.5 Å². The van der Waals surface area contributed by atoms with Crippen molar-refractivity contribution in [2.45, 2.75) is 46.0 Å². The van der Waals surface area contributed by atoms with Crippen LogP contribution in [-0.2, 0) is 17.6 Å². The molecule has 2 heterocycles. The Bertz CT molecular complexity index is 1100. The van der Waals surface area contributed by atoms with Crippen LogP contribution >= 0.6 is 0 Å². The highest BCUT2D eigenvalue weighted by molar-refractivity contribution is 6.00.